The van der Waals surface area contributed by atoms with Gasteiger partial charge in [-0.15, -0.1) is 0 Å². The van der Waals surface area contributed by atoms with Gasteiger partial charge in [-0.2, -0.15) is 0 Å². The van der Waals surface area contributed by atoms with Crippen molar-refractivity contribution in [2.24, 2.45) is 0 Å². The van der Waals surface area contributed by atoms with E-state index >= 15 is 0 Å². The minimum Gasteiger partial charge on any atom is -0.478 e. The normalized spacial score (nSPS) is 8.14. The summed E-state index contributed by atoms with van der Waals surface area (Å²) >= 11 is -1.08. The van der Waals surface area contributed by atoms with E-state index in [-0.39, 0.29) is 0 Å². The Labute approximate surface area is 177 Å². The molecule has 0 aliphatic heterocycles. The molecule has 6 nitrogen and oxygen atoms in total. The first kappa shape index (κ1) is 31.0. The van der Waals surface area contributed by atoms with E-state index in [9.17, 15) is 9.59 Å². The smallest absolute Gasteiger partial charge is 0.335 e. The summed E-state index contributed by atoms with van der Waals surface area (Å²) in [5.41, 5.74) is 0.662. The number of carboxylic acid groups (broad SMARTS) is 2. The first-order valence-corrected chi connectivity index (χ1v) is 10.1. The molecule has 0 amide bonds. The summed E-state index contributed by atoms with van der Waals surface area (Å²) < 4.78 is 16.7. The van der Waals surface area contributed by atoms with Crippen LogP contribution in [0.1, 0.15) is 74.1 Å². The van der Waals surface area contributed by atoms with E-state index in [0.29, 0.717) is 11.1 Å². The molecule has 0 aromatic heterocycles. The molecule has 29 heavy (non-hydrogen) atoms. The van der Waals surface area contributed by atoms with Gasteiger partial charge in [0, 0.05) is 0 Å². The molecular weight excluding hydrogens is 392 g/mol. The number of hydrogen-bond acceptors (Lipinski definition) is 5. The zero-order valence-electron chi connectivity index (χ0n) is 17.6. The van der Waals surface area contributed by atoms with Gasteiger partial charge in [-0.25, -0.2) is 9.59 Å². The molecule has 2 aromatic rings. The van der Waals surface area contributed by atoms with Crippen molar-refractivity contribution in [1.82, 2.24) is 0 Å². The quantitative estimate of drug-likeness (QED) is 0.468. The average molecular weight is 426 g/mol. The summed E-state index contributed by atoms with van der Waals surface area (Å²) in [6.07, 6.45) is 5.28. The van der Waals surface area contributed by atoms with E-state index in [1.165, 1.54) is 25.7 Å². The lowest BCUT2D eigenvalue weighted by molar-refractivity contribution is 0.0686. The molecule has 2 N–H and O–H groups in total. The molecule has 0 aliphatic carbocycles. The monoisotopic (exact) mass is 425 g/mol. The van der Waals surface area contributed by atoms with Gasteiger partial charge in [-0.1, -0.05) is 101 Å². The fraction of sp³-hybridized carbons (Fsp3) is 0.364. The molecule has 2 rings (SSSR count). The molecule has 0 saturated carbocycles. The standard InChI is InChI=1S/2C7H6O2.2C4H10.HO2S/c2*8-7(9)6-4-2-1-3-5-6;2*1-3-4-2;1-3-2/h2*1-5H,(H,8,9);2*3-4H2,1-2H3;3H/q;;;;-1. The van der Waals surface area contributed by atoms with Gasteiger partial charge in [0.25, 0.3) is 0 Å². The summed E-state index contributed by atoms with van der Waals surface area (Å²) in [5, 5.41) is 16.8. The molecule has 0 heterocycles. The van der Waals surface area contributed by atoms with Gasteiger partial charge >= 0.3 is 11.9 Å². The molecular formula is C22H33O6S-. The summed E-state index contributed by atoms with van der Waals surface area (Å²) in [6, 6.07) is 16.6. The largest absolute Gasteiger partial charge is 0.478 e. The van der Waals surface area contributed by atoms with Crippen molar-refractivity contribution < 1.29 is 28.2 Å². The molecule has 164 valence electrons. The predicted molar refractivity (Wildman–Crippen MR) is 118 cm³/mol. The molecule has 0 aliphatic rings. The third kappa shape index (κ3) is 25.3. The molecule has 7 heteroatoms. The summed E-state index contributed by atoms with van der Waals surface area (Å²) in [4.78, 5) is 20.4. The fourth-order valence-corrected chi connectivity index (χ4v) is 1.16. The molecule has 0 saturated heterocycles. The van der Waals surface area contributed by atoms with Crippen LogP contribution in [0.25, 0.3) is 0 Å². The predicted octanol–water partition coefficient (Wildman–Crippen LogP) is 5.87. The number of aromatic carboxylic acids is 2. The topological polar surface area (TPSA) is 109 Å². The van der Waals surface area contributed by atoms with E-state index < -0.39 is 23.5 Å². The fourth-order valence-electron chi connectivity index (χ4n) is 1.16. The van der Waals surface area contributed by atoms with Crippen LogP contribution in [0.4, 0.5) is 0 Å². The van der Waals surface area contributed by atoms with Crippen molar-refractivity contribution in [3.05, 3.63) is 71.8 Å². The third-order valence-corrected chi connectivity index (χ3v) is 3.04. The number of thiol groups is 1. The van der Waals surface area contributed by atoms with E-state index in [1.807, 2.05) is 0 Å². The minimum atomic E-state index is -1.08. The number of carbonyl (C=O) groups is 2. The molecule has 0 bridgehead atoms. The van der Waals surface area contributed by atoms with Crippen molar-refractivity contribution in [1.29, 1.82) is 0 Å². The van der Waals surface area contributed by atoms with Crippen LogP contribution in [0.3, 0.4) is 0 Å². The molecule has 0 atom stereocenters. The lowest BCUT2D eigenvalue weighted by atomic mass is 10.2. The van der Waals surface area contributed by atoms with Crippen molar-refractivity contribution in [3.8, 4) is 0 Å². The Bertz CT molecular complexity index is 596. The Kier molecular flexibility index (Phi) is 27.1. The number of carboxylic acids is 2. The lowest BCUT2D eigenvalue weighted by Gasteiger charge is -1.88. The average Bonchev–Trinajstić information content (AvgIpc) is 2.76. The Morgan fingerprint density at radius 3 is 0.931 bits per heavy atom. The van der Waals surface area contributed by atoms with Gasteiger partial charge in [0.05, 0.1) is 11.1 Å². The second-order valence-corrected chi connectivity index (χ2v) is 5.57. The first-order chi connectivity index (χ1) is 13.9. The number of rotatable bonds is 4. The maximum absolute atomic E-state index is 10.2. The van der Waals surface area contributed by atoms with E-state index in [4.69, 9.17) is 18.6 Å². The lowest BCUT2D eigenvalue weighted by Crippen LogP contribution is -1.93. The maximum Gasteiger partial charge on any atom is 0.335 e. The number of benzene rings is 2. The van der Waals surface area contributed by atoms with Crippen molar-refractivity contribution >= 4 is 23.5 Å². The molecule has 0 spiro atoms. The Balaban J connectivity index is -0.000000316. The van der Waals surface area contributed by atoms with Crippen LogP contribution in [0.15, 0.2) is 60.7 Å². The van der Waals surface area contributed by atoms with Gasteiger partial charge in [0.1, 0.15) is 0 Å². The Morgan fingerprint density at radius 1 is 0.621 bits per heavy atom. The van der Waals surface area contributed by atoms with Crippen LogP contribution in [-0.2, 0) is 20.0 Å². The SMILES string of the molecule is CCCC.CCCC.O=C(O)c1ccccc1.O=C(O)c1ccccc1.O=[SH-]=O. The van der Waals surface area contributed by atoms with E-state index in [0.717, 1.165) is 0 Å². The van der Waals surface area contributed by atoms with Crippen LogP contribution in [-0.4, -0.2) is 22.2 Å². The van der Waals surface area contributed by atoms with Gasteiger partial charge in [-0.05, 0) is 24.3 Å². The summed E-state index contributed by atoms with van der Waals surface area (Å²) in [6.45, 7) is 8.72. The third-order valence-electron chi connectivity index (χ3n) is 3.04. The van der Waals surface area contributed by atoms with Gasteiger partial charge in [0.2, 0.25) is 0 Å². The van der Waals surface area contributed by atoms with Gasteiger partial charge in [-0.3, -0.25) is 0 Å². The van der Waals surface area contributed by atoms with Gasteiger partial charge < -0.3 is 18.6 Å². The number of unbranched alkanes of at least 4 members (excludes halogenated alkanes) is 2. The van der Waals surface area contributed by atoms with Crippen molar-refractivity contribution in [2.75, 3.05) is 0 Å². The summed E-state index contributed by atoms with van der Waals surface area (Å²) in [7, 11) is 0. The second-order valence-electron chi connectivity index (χ2n) is 5.42. The zero-order valence-corrected chi connectivity index (χ0v) is 18.5. The second kappa shape index (κ2) is 25.3. The molecule has 0 unspecified atom stereocenters. The van der Waals surface area contributed by atoms with Crippen molar-refractivity contribution in [2.45, 2.75) is 53.4 Å². The molecule has 0 radical (unpaired) electrons. The highest BCUT2D eigenvalue weighted by atomic mass is 32.1. The maximum atomic E-state index is 10.2. The number of hydrogen-bond donors (Lipinski definition) is 2. The molecule has 0 fully saturated rings. The van der Waals surface area contributed by atoms with Crippen LogP contribution in [0.5, 0.6) is 0 Å². The minimum absolute atomic E-state index is 0.331. The highest BCUT2D eigenvalue weighted by Gasteiger charge is 1.97. The van der Waals surface area contributed by atoms with E-state index in [2.05, 4.69) is 27.7 Å². The van der Waals surface area contributed by atoms with Crippen LogP contribution >= 0.6 is 0 Å². The van der Waals surface area contributed by atoms with E-state index in [1.54, 1.807) is 60.7 Å². The van der Waals surface area contributed by atoms with Gasteiger partial charge in [0.15, 0.2) is 0 Å². The van der Waals surface area contributed by atoms with Crippen molar-refractivity contribution in [3.63, 3.8) is 0 Å². The Morgan fingerprint density at radius 2 is 0.828 bits per heavy atom. The highest BCUT2D eigenvalue weighted by Crippen LogP contribution is 1.96. The summed E-state index contributed by atoms with van der Waals surface area (Å²) in [5.74, 6) is -1.76. The van der Waals surface area contributed by atoms with Crippen LogP contribution < -0.4 is 0 Å². The van der Waals surface area contributed by atoms with Crippen LogP contribution in [0, 0.1) is 0 Å². The molecule has 2 aromatic carbocycles. The highest BCUT2D eigenvalue weighted by molar-refractivity contribution is 7.51. The van der Waals surface area contributed by atoms with Crippen LogP contribution in [0.2, 0.25) is 0 Å². The Hall–Kier alpha value is -2.67. The zero-order chi connectivity index (χ0) is 22.9. The first-order valence-electron chi connectivity index (χ1n) is 9.37.